The lowest BCUT2D eigenvalue weighted by Crippen LogP contribution is -2.54. The molecule has 394 valence electrons. The second kappa shape index (κ2) is 19.9. The highest BCUT2D eigenvalue weighted by Gasteiger charge is 2.50. The number of pyridine rings is 1. The van der Waals surface area contributed by atoms with Gasteiger partial charge in [0.15, 0.2) is 17.2 Å². The van der Waals surface area contributed by atoms with Crippen LogP contribution in [-0.4, -0.2) is 114 Å². The number of piperidine rings is 1. The Labute approximate surface area is 431 Å². The van der Waals surface area contributed by atoms with Gasteiger partial charge in [0.05, 0.1) is 32.4 Å². The Morgan fingerprint density at radius 1 is 1.00 bits per heavy atom. The fourth-order valence-corrected chi connectivity index (χ4v) is 13.5. The summed E-state index contributed by atoms with van der Waals surface area (Å²) in [5, 5.41) is 26.4. The van der Waals surface area contributed by atoms with Crippen molar-refractivity contribution in [3.8, 4) is 23.1 Å². The van der Waals surface area contributed by atoms with Crippen LogP contribution >= 0.6 is 0 Å². The lowest BCUT2D eigenvalue weighted by Gasteiger charge is -2.56. The number of hydrogen-bond donors (Lipinski definition) is 4. The van der Waals surface area contributed by atoms with Crippen molar-refractivity contribution in [2.24, 2.45) is 11.3 Å². The Bertz CT molecular complexity index is 3050. The molecule has 2 aromatic heterocycles. The fourth-order valence-electron chi connectivity index (χ4n) is 12.5. The summed E-state index contributed by atoms with van der Waals surface area (Å²) < 4.78 is 64.4. The number of H-pyrrole nitrogens is 1. The highest BCUT2D eigenvalue weighted by atomic mass is 32.2. The minimum atomic E-state index is -4.77. The quantitative estimate of drug-likeness (QED) is 0.0570. The molecule has 0 unspecified atom stereocenters. The van der Waals surface area contributed by atoms with Crippen molar-refractivity contribution in [2.75, 3.05) is 62.7 Å². The molecule has 74 heavy (non-hydrogen) atoms. The maximum Gasteiger partial charge on any atom is 0.297 e. The predicted molar refractivity (Wildman–Crippen MR) is 278 cm³/mol. The van der Waals surface area contributed by atoms with Crippen LogP contribution in [0.25, 0.3) is 11.0 Å². The van der Waals surface area contributed by atoms with E-state index in [1.165, 1.54) is 48.4 Å². The topological polar surface area (TPSA) is 205 Å². The number of likely N-dealkylation sites (tertiary alicyclic amines) is 2. The van der Waals surface area contributed by atoms with E-state index in [4.69, 9.17) is 14.2 Å². The van der Waals surface area contributed by atoms with Gasteiger partial charge in [-0.15, -0.1) is 0 Å². The van der Waals surface area contributed by atoms with E-state index in [1.54, 1.807) is 19.1 Å². The molecule has 2 atom stereocenters. The van der Waals surface area contributed by atoms with Gasteiger partial charge in [-0.1, -0.05) is 38.1 Å². The molecule has 2 aliphatic carbocycles. The van der Waals surface area contributed by atoms with E-state index in [9.17, 15) is 28.4 Å². The monoisotopic (exact) mass is 1030 g/mol. The van der Waals surface area contributed by atoms with Crippen LogP contribution in [0, 0.1) is 27.3 Å². The van der Waals surface area contributed by atoms with Crippen molar-refractivity contribution >= 4 is 44.0 Å². The summed E-state index contributed by atoms with van der Waals surface area (Å²) in [5.41, 5.74) is 2.74. The van der Waals surface area contributed by atoms with Crippen LogP contribution in [0.4, 0.5) is 21.5 Å². The molecule has 1 spiro atoms. The summed E-state index contributed by atoms with van der Waals surface area (Å²) in [6.45, 7) is 11.9. The maximum atomic E-state index is 15.2. The molecule has 19 heteroatoms. The number of nitro benzene ring substituents is 1. The maximum absolute atomic E-state index is 15.2. The van der Waals surface area contributed by atoms with E-state index in [0.29, 0.717) is 50.2 Å². The van der Waals surface area contributed by atoms with Crippen LogP contribution in [-0.2, 0) is 10.0 Å². The molecular weight excluding hydrogens is 968 g/mol. The second-order valence-electron chi connectivity index (χ2n) is 22.3. The third-order valence-corrected chi connectivity index (χ3v) is 18.4. The van der Waals surface area contributed by atoms with Crippen molar-refractivity contribution in [3.05, 3.63) is 99.5 Å². The number of nitrogens with zero attached hydrogens (tertiary/aromatic N) is 5. The number of anilines is 2. The van der Waals surface area contributed by atoms with Gasteiger partial charge in [-0.25, -0.2) is 17.5 Å². The Kier molecular flexibility index (Phi) is 13.5. The summed E-state index contributed by atoms with van der Waals surface area (Å²) in [6.07, 6.45) is 11.5. The number of amides is 1. The van der Waals surface area contributed by atoms with E-state index >= 15 is 4.39 Å². The number of sulfonamides is 1. The number of carbonyl (C=O) groups is 1. The lowest BCUT2D eigenvalue weighted by atomic mass is 9.59. The van der Waals surface area contributed by atoms with Gasteiger partial charge in [0.2, 0.25) is 0 Å². The van der Waals surface area contributed by atoms with Gasteiger partial charge in [0.1, 0.15) is 30.4 Å². The molecule has 0 bridgehead atoms. The van der Waals surface area contributed by atoms with E-state index in [-0.39, 0.29) is 76.0 Å². The molecule has 4 N–H and O–H groups in total. The van der Waals surface area contributed by atoms with Gasteiger partial charge >= 0.3 is 0 Å². The number of rotatable bonds is 15. The van der Waals surface area contributed by atoms with Crippen LogP contribution < -0.4 is 29.1 Å². The molecule has 4 aliphatic heterocycles. The molecule has 1 amide bonds. The van der Waals surface area contributed by atoms with Crippen molar-refractivity contribution in [3.63, 3.8) is 0 Å². The van der Waals surface area contributed by atoms with E-state index < -0.39 is 42.9 Å². The number of aromatic nitrogens is 2. The molecule has 6 aliphatic rings. The van der Waals surface area contributed by atoms with Crippen LogP contribution in [0.1, 0.15) is 125 Å². The van der Waals surface area contributed by atoms with Gasteiger partial charge < -0.3 is 34.5 Å². The number of nitrogens with one attached hydrogen (secondary N) is 3. The van der Waals surface area contributed by atoms with Crippen molar-refractivity contribution in [1.82, 2.24) is 24.5 Å². The van der Waals surface area contributed by atoms with Crippen LogP contribution in [0.15, 0.2) is 71.8 Å². The van der Waals surface area contributed by atoms with Gasteiger partial charge in [-0.05, 0) is 138 Å². The van der Waals surface area contributed by atoms with Crippen LogP contribution in [0.3, 0.4) is 0 Å². The third kappa shape index (κ3) is 9.99. The fraction of sp³-hybridized carbons (Fsp3) is 0.527. The van der Waals surface area contributed by atoms with E-state index in [2.05, 4.69) is 72.8 Å². The molecular formula is C55H67FN8O9S. The number of aromatic amines is 1. The number of nitro groups is 1. The molecule has 5 fully saturated rings. The zero-order valence-corrected chi connectivity index (χ0v) is 43.2. The van der Waals surface area contributed by atoms with E-state index in [1.807, 2.05) is 0 Å². The first kappa shape index (κ1) is 50.2. The highest BCUT2D eigenvalue weighted by Crippen LogP contribution is 2.55. The van der Waals surface area contributed by atoms with Crippen LogP contribution in [0.2, 0.25) is 0 Å². The molecule has 3 aromatic carbocycles. The third-order valence-electron chi connectivity index (χ3n) is 17.1. The summed E-state index contributed by atoms with van der Waals surface area (Å²) >= 11 is 0. The Hall–Kier alpha value is -6.02. The minimum Gasteiger partial charge on any atom is -0.489 e. The van der Waals surface area contributed by atoms with Crippen molar-refractivity contribution in [1.29, 1.82) is 0 Å². The van der Waals surface area contributed by atoms with Crippen LogP contribution in [0.5, 0.6) is 23.1 Å². The molecule has 17 nitrogen and oxygen atoms in total. The number of carbonyl (C=O) groups excluding carboxylic acids is 1. The Morgan fingerprint density at radius 2 is 1.77 bits per heavy atom. The summed E-state index contributed by atoms with van der Waals surface area (Å²) in [4.78, 5) is 40.4. The number of hydrogen-bond acceptors (Lipinski definition) is 14. The van der Waals surface area contributed by atoms with Gasteiger partial charge in [0.25, 0.3) is 27.5 Å². The number of fused-ring (bicyclic) bond motifs is 2. The molecule has 5 aromatic rings. The van der Waals surface area contributed by atoms with Gasteiger partial charge in [0, 0.05) is 67.9 Å². The zero-order chi connectivity index (χ0) is 51.5. The molecule has 3 saturated heterocycles. The Balaban J connectivity index is 0.846. The smallest absolute Gasteiger partial charge is 0.297 e. The SMILES string of the molecule is CC(C)c1ccccc1[C@H]1CCCN1C1CC2(CCN(c3ccc(C(=O)NS(=O)(=O)c4cc5c(c([N+](=O)[O-])c4)N[C@@H]([C@H]4CC[C@](C)(O)CC4)CO5)c(Oc4cc5c(F)c[nH]c5nc4OCCN4CCC4)c3)CC2)C1. The van der Waals surface area contributed by atoms with Gasteiger partial charge in [-0.2, -0.15) is 4.98 Å². The van der Waals surface area contributed by atoms with E-state index in [0.717, 1.165) is 76.6 Å². The summed E-state index contributed by atoms with van der Waals surface area (Å²) in [7, 11) is -4.77. The van der Waals surface area contributed by atoms with Gasteiger partial charge in [-0.3, -0.25) is 24.7 Å². The summed E-state index contributed by atoms with van der Waals surface area (Å²) in [6, 6.07) is 18.1. The second-order valence-corrected chi connectivity index (χ2v) is 24.0. The standard InChI is InChI=1S/C55H67FN8O9S/c1-34(2)39-8-4-5-9-40(39)45-10-6-21-63(45)37-30-55(31-37)17-22-62(23-18-55)36-11-12-41(47(26-36)73-49-29-42-43(56)32-57-51(42)59-53(49)71-25-24-61-19-7-20-61)52(65)60-74(69,70)38-27-46(64(67)68)50-48(28-38)72-33-44(58-50)35-13-15-54(3,66)16-14-35/h4-5,8-9,11-12,26-29,32,34-35,37,44-45,58,66H,6-7,10,13-25,30-31,33H2,1-3H3,(H,57,59)(H,60,65)/t35-,44-,45-,54-/m1/s1. The molecule has 6 heterocycles. The number of ether oxygens (including phenoxy) is 3. The zero-order valence-electron chi connectivity index (χ0n) is 42.4. The number of benzene rings is 3. The minimum absolute atomic E-state index is 0.0230. The van der Waals surface area contributed by atoms with Crippen molar-refractivity contribution in [2.45, 2.75) is 126 Å². The molecule has 11 rings (SSSR count). The first-order valence-corrected chi connectivity index (χ1v) is 28.0. The first-order chi connectivity index (χ1) is 35.5. The number of aliphatic hydroxyl groups is 1. The molecule has 0 radical (unpaired) electrons. The Morgan fingerprint density at radius 3 is 2.50 bits per heavy atom. The average Bonchev–Trinajstić information content (AvgIpc) is 4.00. The average molecular weight is 1040 g/mol. The predicted octanol–water partition coefficient (Wildman–Crippen LogP) is 9.43. The normalized spacial score (nSPS) is 24.2. The largest absolute Gasteiger partial charge is 0.489 e. The number of halogens is 1. The first-order valence-electron chi connectivity index (χ1n) is 26.5. The summed E-state index contributed by atoms with van der Waals surface area (Å²) in [5.74, 6) is -1.06. The highest BCUT2D eigenvalue weighted by molar-refractivity contribution is 7.90. The van der Waals surface area contributed by atoms with Crippen molar-refractivity contribution < 1.29 is 41.8 Å². The molecule has 2 saturated carbocycles. The lowest BCUT2D eigenvalue weighted by molar-refractivity contribution is -0.384.